The lowest BCUT2D eigenvalue weighted by Gasteiger charge is -2.33. The van der Waals surface area contributed by atoms with Gasteiger partial charge in [-0.1, -0.05) is 0 Å². The van der Waals surface area contributed by atoms with E-state index in [1.54, 1.807) is 11.9 Å². The minimum atomic E-state index is -0.983. The number of carboxylic acid groups (broad SMARTS) is 1. The summed E-state index contributed by atoms with van der Waals surface area (Å²) in [6, 6.07) is -1.03. The lowest BCUT2D eigenvalue weighted by molar-refractivity contribution is -0.141. The number of urea groups is 1. The average Bonchev–Trinajstić information content (AvgIpc) is 2.38. The molecule has 6 heteroatoms. The molecule has 0 radical (unpaired) electrons. The zero-order valence-electron chi connectivity index (χ0n) is 12.3. The molecule has 1 fully saturated rings. The van der Waals surface area contributed by atoms with Crippen molar-refractivity contribution in [2.75, 3.05) is 40.8 Å². The standard InChI is InChI=1S/C13H25N3O3/c1-10(12(17)18)16(4)13(19)15(3)9-11-5-7-14(2)8-6-11/h10-11H,5-9H2,1-4H3,(H,17,18). The molecule has 2 amide bonds. The van der Waals surface area contributed by atoms with Gasteiger partial charge in [0, 0.05) is 20.6 Å². The number of carbonyl (C=O) groups excluding carboxylic acids is 1. The summed E-state index contributed by atoms with van der Waals surface area (Å²) in [6.07, 6.45) is 2.18. The summed E-state index contributed by atoms with van der Waals surface area (Å²) < 4.78 is 0. The number of likely N-dealkylation sites (tertiary alicyclic amines) is 1. The van der Waals surface area contributed by atoms with Gasteiger partial charge in [0.25, 0.3) is 0 Å². The summed E-state index contributed by atoms with van der Waals surface area (Å²) in [5, 5.41) is 8.92. The minimum absolute atomic E-state index is 0.228. The molecule has 1 saturated heterocycles. The Morgan fingerprint density at radius 1 is 1.32 bits per heavy atom. The Kier molecular flexibility index (Phi) is 5.60. The van der Waals surface area contributed by atoms with E-state index in [9.17, 15) is 9.59 Å². The Balaban J connectivity index is 2.46. The number of amides is 2. The Morgan fingerprint density at radius 2 is 1.84 bits per heavy atom. The van der Waals surface area contributed by atoms with Gasteiger partial charge in [0.05, 0.1) is 0 Å². The summed E-state index contributed by atoms with van der Waals surface area (Å²) in [5.74, 6) is -0.470. The third-order valence-electron chi connectivity index (χ3n) is 3.94. The molecule has 110 valence electrons. The first-order valence-electron chi connectivity index (χ1n) is 6.72. The molecule has 1 N–H and O–H groups in total. The van der Waals surface area contributed by atoms with E-state index < -0.39 is 12.0 Å². The predicted molar refractivity (Wildman–Crippen MR) is 73.1 cm³/mol. The van der Waals surface area contributed by atoms with E-state index in [1.165, 1.54) is 18.9 Å². The molecule has 1 unspecified atom stereocenters. The summed E-state index contributed by atoms with van der Waals surface area (Å²) in [4.78, 5) is 28.2. The number of piperidine rings is 1. The summed E-state index contributed by atoms with van der Waals surface area (Å²) in [7, 11) is 5.38. The van der Waals surface area contributed by atoms with Crippen molar-refractivity contribution in [3.05, 3.63) is 0 Å². The summed E-state index contributed by atoms with van der Waals surface area (Å²) in [6.45, 7) is 4.34. The fourth-order valence-corrected chi connectivity index (χ4v) is 2.31. The molecular formula is C13H25N3O3. The Labute approximate surface area is 115 Å². The first kappa shape index (κ1) is 15.8. The number of hydrogen-bond acceptors (Lipinski definition) is 3. The second-order valence-electron chi connectivity index (χ2n) is 5.53. The van der Waals surface area contributed by atoms with Gasteiger partial charge in [-0.05, 0) is 45.8 Å². The Bertz CT molecular complexity index is 327. The predicted octanol–water partition coefficient (Wildman–Crippen LogP) is 0.785. The number of rotatable bonds is 4. The van der Waals surface area contributed by atoms with Crippen LogP contribution in [0.3, 0.4) is 0 Å². The van der Waals surface area contributed by atoms with Crippen molar-refractivity contribution in [1.29, 1.82) is 0 Å². The van der Waals surface area contributed by atoms with Gasteiger partial charge >= 0.3 is 12.0 Å². The van der Waals surface area contributed by atoms with Crippen molar-refractivity contribution < 1.29 is 14.7 Å². The third kappa shape index (κ3) is 4.38. The van der Waals surface area contributed by atoms with E-state index in [-0.39, 0.29) is 6.03 Å². The smallest absolute Gasteiger partial charge is 0.326 e. The molecule has 0 aromatic rings. The van der Waals surface area contributed by atoms with Crippen molar-refractivity contribution in [2.24, 2.45) is 5.92 Å². The SMILES string of the molecule is CC(C(=O)O)N(C)C(=O)N(C)CC1CCN(C)CC1. The van der Waals surface area contributed by atoms with Crippen LogP contribution in [0.2, 0.25) is 0 Å². The van der Waals surface area contributed by atoms with Crippen molar-refractivity contribution in [3.63, 3.8) is 0 Å². The first-order valence-corrected chi connectivity index (χ1v) is 6.72. The molecule has 0 aromatic heterocycles. The number of aliphatic carboxylic acids is 1. The highest BCUT2D eigenvalue weighted by Crippen LogP contribution is 2.17. The number of likely N-dealkylation sites (N-methyl/N-ethyl adjacent to an activating group) is 1. The molecule has 1 heterocycles. The molecule has 1 aliphatic heterocycles. The molecule has 1 rings (SSSR count). The molecule has 19 heavy (non-hydrogen) atoms. The van der Waals surface area contributed by atoms with Gasteiger partial charge in [0.15, 0.2) is 0 Å². The van der Waals surface area contributed by atoms with Crippen LogP contribution in [0.4, 0.5) is 4.79 Å². The minimum Gasteiger partial charge on any atom is -0.480 e. The lowest BCUT2D eigenvalue weighted by Crippen LogP contribution is -2.48. The maximum Gasteiger partial charge on any atom is 0.326 e. The number of hydrogen-bond donors (Lipinski definition) is 1. The quantitative estimate of drug-likeness (QED) is 0.821. The van der Waals surface area contributed by atoms with Crippen LogP contribution in [0.25, 0.3) is 0 Å². The highest BCUT2D eigenvalue weighted by Gasteiger charge is 2.26. The van der Waals surface area contributed by atoms with Crippen LogP contribution >= 0.6 is 0 Å². The highest BCUT2D eigenvalue weighted by molar-refractivity contribution is 5.82. The van der Waals surface area contributed by atoms with Crippen molar-refractivity contribution >= 4 is 12.0 Å². The Hall–Kier alpha value is -1.30. The molecule has 0 saturated carbocycles. The van der Waals surface area contributed by atoms with Gasteiger partial charge in [-0.3, -0.25) is 0 Å². The second-order valence-corrected chi connectivity index (χ2v) is 5.53. The van der Waals surface area contributed by atoms with Gasteiger partial charge in [-0.25, -0.2) is 9.59 Å². The molecule has 0 aromatic carbocycles. The monoisotopic (exact) mass is 271 g/mol. The molecule has 6 nitrogen and oxygen atoms in total. The molecular weight excluding hydrogens is 246 g/mol. The largest absolute Gasteiger partial charge is 0.480 e. The third-order valence-corrected chi connectivity index (χ3v) is 3.94. The van der Waals surface area contributed by atoms with Crippen LogP contribution in [0.5, 0.6) is 0 Å². The number of carboxylic acids is 1. The van der Waals surface area contributed by atoms with Crippen LogP contribution in [0.1, 0.15) is 19.8 Å². The van der Waals surface area contributed by atoms with E-state index in [4.69, 9.17) is 5.11 Å². The van der Waals surface area contributed by atoms with Crippen molar-refractivity contribution in [1.82, 2.24) is 14.7 Å². The lowest BCUT2D eigenvalue weighted by atomic mass is 9.97. The van der Waals surface area contributed by atoms with Crippen LogP contribution in [0.15, 0.2) is 0 Å². The van der Waals surface area contributed by atoms with Crippen LogP contribution in [-0.2, 0) is 4.79 Å². The maximum absolute atomic E-state index is 12.1. The van der Waals surface area contributed by atoms with Crippen molar-refractivity contribution in [3.8, 4) is 0 Å². The normalized spacial score (nSPS) is 18.9. The van der Waals surface area contributed by atoms with Gasteiger partial charge in [-0.15, -0.1) is 0 Å². The van der Waals surface area contributed by atoms with Gasteiger partial charge in [0.2, 0.25) is 0 Å². The van der Waals surface area contributed by atoms with Gasteiger partial charge < -0.3 is 19.8 Å². The molecule has 0 aliphatic carbocycles. The maximum atomic E-state index is 12.1. The second kappa shape index (κ2) is 6.75. The first-order chi connectivity index (χ1) is 8.82. The number of nitrogens with zero attached hydrogens (tertiary/aromatic N) is 3. The fourth-order valence-electron chi connectivity index (χ4n) is 2.31. The van der Waals surface area contributed by atoms with Crippen LogP contribution < -0.4 is 0 Å². The Morgan fingerprint density at radius 3 is 2.32 bits per heavy atom. The van der Waals surface area contributed by atoms with E-state index in [0.29, 0.717) is 12.5 Å². The molecule has 0 bridgehead atoms. The van der Waals surface area contributed by atoms with E-state index in [0.717, 1.165) is 25.9 Å². The van der Waals surface area contributed by atoms with Crippen LogP contribution in [0, 0.1) is 5.92 Å². The summed E-state index contributed by atoms with van der Waals surface area (Å²) in [5.41, 5.74) is 0. The van der Waals surface area contributed by atoms with E-state index >= 15 is 0 Å². The molecule has 1 aliphatic rings. The fraction of sp³-hybridized carbons (Fsp3) is 0.846. The topological polar surface area (TPSA) is 64.1 Å². The molecule has 0 spiro atoms. The van der Waals surface area contributed by atoms with Crippen molar-refractivity contribution in [2.45, 2.75) is 25.8 Å². The van der Waals surface area contributed by atoms with Gasteiger partial charge in [0.1, 0.15) is 6.04 Å². The molecule has 1 atom stereocenters. The number of carbonyl (C=O) groups is 2. The van der Waals surface area contributed by atoms with Crippen LogP contribution in [-0.4, -0.2) is 78.6 Å². The zero-order valence-corrected chi connectivity index (χ0v) is 12.3. The highest BCUT2D eigenvalue weighted by atomic mass is 16.4. The zero-order chi connectivity index (χ0) is 14.6. The summed E-state index contributed by atoms with van der Waals surface area (Å²) >= 11 is 0. The van der Waals surface area contributed by atoms with Gasteiger partial charge in [-0.2, -0.15) is 0 Å². The average molecular weight is 271 g/mol. The van der Waals surface area contributed by atoms with E-state index in [2.05, 4.69) is 11.9 Å². The van der Waals surface area contributed by atoms with E-state index in [1.807, 2.05) is 0 Å².